The van der Waals surface area contributed by atoms with E-state index in [1.165, 1.54) is 4.31 Å². The minimum Gasteiger partial charge on any atom is -0.337 e. The number of hydrogen-bond acceptors (Lipinski definition) is 4. The highest BCUT2D eigenvalue weighted by Crippen LogP contribution is 2.16. The van der Waals surface area contributed by atoms with E-state index in [1.807, 2.05) is 17.8 Å². The average molecular weight is 339 g/mol. The summed E-state index contributed by atoms with van der Waals surface area (Å²) in [7, 11) is -1.34. The van der Waals surface area contributed by atoms with Crippen LogP contribution in [0.2, 0.25) is 0 Å². The fraction of sp³-hybridized carbons (Fsp3) is 0.571. The van der Waals surface area contributed by atoms with Gasteiger partial charge in [0, 0.05) is 45.6 Å². The van der Waals surface area contributed by atoms with Crippen molar-refractivity contribution in [2.24, 2.45) is 7.05 Å². The van der Waals surface area contributed by atoms with E-state index >= 15 is 0 Å². The first-order chi connectivity index (χ1) is 10.9. The van der Waals surface area contributed by atoms with Crippen molar-refractivity contribution in [3.05, 3.63) is 24.2 Å². The number of fused-ring (bicyclic) bond motifs is 1. The van der Waals surface area contributed by atoms with E-state index in [9.17, 15) is 13.2 Å². The highest BCUT2D eigenvalue weighted by Gasteiger charge is 2.27. The Morgan fingerprint density at radius 3 is 2.74 bits per heavy atom. The molecule has 0 radical (unpaired) electrons. The number of hydrogen-bond donors (Lipinski definition) is 0. The third-order valence-corrected chi connectivity index (χ3v) is 6.15. The molecule has 1 fully saturated rings. The second-order valence-corrected chi connectivity index (χ2v) is 7.94. The molecule has 0 unspecified atom stereocenters. The quantitative estimate of drug-likeness (QED) is 0.798. The summed E-state index contributed by atoms with van der Waals surface area (Å²) in [4.78, 5) is 14.5. The molecule has 0 N–H and O–H groups in total. The highest BCUT2D eigenvalue weighted by atomic mass is 32.2. The maximum atomic E-state index is 12.8. The van der Waals surface area contributed by atoms with Crippen LogP contribution < -0.4 is 0 Å². The van der Waals surface area contributed by atoms with Gasteiger partial charge in [-0.05, 0) is 13.3 Å². The molecule has 0 aromatic carbocycles. The summed E-state index contributed by atoms with van der Waals surface area (Å²) < 4.78 is 29.0. The Morgan fingerprint density at radius 1 is 1.22 bits per heavy atom. The van der Waals surface area contributed by atoms with Gasteiger partial charge in [-0.25, -0.2) is 17.2 Å². The van der Waals surface area contributed by atoms with Crippen molar-refractivity contribution in [1.82, 2.24) is 23.4 Å². The molecule has 2 aromatic rings. The lowest BCUT2D eigenvalue weighted by atomic mass is 10.2. The van der Waals surface area contributed by atoms with Gasteiger partial charge in [0.25, 0.3) is 5.91 Å². The van der Waals surface area contributed by atoms with Crippen LogP contribution in [0.5, 0.6) is 0 Å². The van der Waals surface area contributed by atoms with Gasteiger partial charge in [0.1, 0.15) is 11.2 Å². The zero-order chi connectivity index (χ0) is 16.6. The predicted molar refractivity (Wildman–Crippen MR) is 85.7 cm³/mol. The zero-order valence-electron chi connectivity index (χ0n) is 13.3. The molecule has 3 rings (SSSR count). The number of rotatable bonds is 3. The molecule has 9 heteroatoms. The number of carbonyl (C=O) groups is 1. The molecular formula is C14H21N5O3S. The number of imidazole rings is 1. The zero-order valence-corrected chi connectivity index (χ0v) is 14.2. The molecule has 0 saturated carbocycles. The maximum absolute atomic E-state index is 12.8. The van der Waals surface area contributed by atoms with Gasteiger partial charge in [-0.1, -0.05) is 0 Å². The Morgan fingerprint density at radius 2 is 2.00 bits per heavy atom. The van der Waals surface area contributed by atoms with Crippen LogP contribution in [0.15, 0.2) is 18.6 Å². The molecule has 2 aromatic heterocycles. The number of carbonyl (C=O) groups excluding carboxylic acids is 1. The van der Waals surface area contributed by atoms with Gasteiger partial charge < -0.3 is 9.47 Å². The van der Waals surface area contributed by atoms with Crippen molar-refractivity contribution in [1.29, 1.82) is 0 Å². The molecule has 1 amide bonds. The van der Waals surface area contributed by atoms with E-state index in [-0.39, 0.29) is 11.7 Å². The highest BCUT2D eigenvalue weighted by molar-refractivity contribution is 7.89. The van der Waals surface area contributed by atoms with Gasteiger partial charge in [0.2, 0.25) is 10.0 Å². The molecule has 0 aliphatic carbocycles. The van der Waals surface area contributed by atoms with Gasteiger partial charge in [0.15, 0.2) is 0 Å². The summed E-state index contributed by atoms with van der Waals surface area (Å²) in [6, 6.07) is 0. The van der Waals surface area contributed by atoms with Crippen molar-refractivity contribution in [3.63, 3.8) is 0 Å². The van der Waals surface area contributed by atoms with Crippen LogP contribution in [0.4, 0.5) is 0 Å². The standard InChI is InChI=1S/C14H21N5O3S/c1-3-23(21,22)18-6-4-5-17(8-9-18)14(20)12-11-15-19-10-7-16(2)13(12)19/h7,10-11H,3-6,8-9H2,1-2H3. The minimum atomic E-state index is -3.21. The number of amides is 1. The molecule has 23 heavy (non-hydrogen) atoms. The lowest BCUT2D eigenvalue weighted by molar-refractivity contribution is 0.0765. The van der Waals surface area contributed by atoms with Gasteiger partial charge >= 0.3 is 0 Å². The molecule has 1 aliphatic rings. The summed E-state index contributed by atoms with van der Waals surface area (Å²) in [5.74, 6) is -0.00790. The Bertz CT molecular complexity index is 823. The fourth-order valence-corrected chi connectivity index (χ4v) is 4.06. The Hall–Kier alpha value is -1.87. The summed E-state index contributed by atoms with van der Waals surface area (Å²) in [5.41, 5.74) is 1.29. The molecule has 3 heterocycles. The Kier molecular flexibility index (Phi) is 4.15. The lowest BCUT2D eigenvalue weighted by Crippen LogP contribution is -2.38. The molecule has 0 atom stereocenters. The van der Waals surface area contributed by atoms with E-state index in [1.54, 1.807) is 28.7 Å². The van der Waals surface area contributed by atoms with Crippen molar-refractivity contribution in [2.75, 3.05) is 31.9 Å². The molecule has 1 saturated heterocycles. The van der Waals surface area contributed by atoms with Gasteiger partial charge in [-0.3, -0.25) is 4.79 Å². The van der Waals surface area contributed by atoms with E-state index in [0.717, 1.165) is 5.65 Å². The smallest absolute Gasteiger partial charge is 0.259 e. The van der Waals surface area contributed by atoms with E-state index in [2.05, 4.69) is 5.10 Å². The molecule has 126 valence electrons. The lowest BCUT2D eigenvalue weighted by Gasteiger charge is -2.21. The normalized spacial score (nSPS) is 17.6. The van der Waals surface area contributed by atoms with Crippen molar-refractivity contribution >= 4 is 21.6 Å². The third kappa shape index (κ3) is 2.86. The maximum Gasteiger partial charge on any atom is 0.259 e. The van der Waals surface area contributed by atoms with E-state index in [4.69, 9.17) is 0 Å². The molecule has 0 spiro atoms. The first-order valence-corrected chi connectivity index (χ1v) is 9.30. The van der Waals surface area contributed by atoms with Crippen molar-refractivity contribution < 1.29 is 13.2 Å². The van der Waals surface area contributed by atoms with E-state index in [0.29, 0.717) is 38.2 Å². The summed E-state index contributed by atoms with van der Waals surface area (Å²) in [5, 5.41) is 4.19. The van der Waals surface area contributed by atoms with Gasteiger partial charge in [-0.2, -0.15) is 5.10 Å². The molecule has 1 aliphatic heterocycles. The van der Waals surface area contributed by atoms with Crippen LogP contribution in [0, 0.1) is 0 Å². The topological polar surface area (TPSA) is 79.9 Å². The first kappa shape index (κ1) is 16.0. The van der Waals surface area contributed by atoms with Gasteiger partial charge in [0.05, 0.1) is 11.9 Å². The predicted octanol–water partition coefficient (Wildman–Crippen LogP) is 0.170. The second kappa shape index (κ2) is 5.97. The first-order valence-electron chi connectivity index (χ1n) is 7.70. The summed E-state index contributed by atoms with van der Waals surface area (Å²) >= 11 is 0. The second-order valence-electron chi connectivity index (χ2n) is 5.68. The van der Waals surface area contributed by atoms with Crippen LogP contribution in [0.3, 0.4) is 0 Å². The van der Waals surface area contributed by atoms with Crippen LogP contribution >= 0.6 is 0 Å². The number of sulfonamides is 1. The van der Waals surface area contributed by atoms with Crippen LogP contribution in [0.25, 0.3) is 5.65 Å². The molecule has 8 nitrogen and oxygen atoms in total. The van der Waals surface area contributed by atoms with Gasteiger partial charge in [-0.15, -0.1) is 0 Å². The summed E-state index contributed by atoms with van der Waals surface area (Å²) in [6.45, 7) is 3.41. The minimum absolute atomic E-state index is 0.0916. The van der Waals surface area contributed by atoms with E-state index < -0.39 is 10.0 Å². The largest absolute Gasteiger partial charge is 0.337 e. The third-order valence-electron chi connectivity index (χ3n) is 4.27. The van der Waals surface area contributed by atoms with Crippen LogP contribution in [-0.4, -0.2) is 69.6 Å². The van der Waals surface area contributed by atoms with Crippen LogP contribution in [-0.2, 0) is 17.1 Å². The monoisotopic (exact) mass is 339 g/mol. The fourth-order valence-electron chi connectivity index (χ4n) is 2.93. The Labute approximate surface area is 135 Å². The van der Waals surface area contributed by atoms with Crippen molar-refractivity contribution in [3.8, 4) is 0 Å². The average Bonchev–Trinajstić information content (AvgIpc) is 3.00. The van der Waals surface area contributed by atoms with Crippen molar-refractivity contribution in [2.45, 2.75) is 13.3 Å². The van der Waals surface area contributed by atoms with Crippen LogP contribution in [0.1, 0.15) is 23.7 Å². The molecular weight excluding hydrogens is 318 g/mol. The number of nitrogens with zero attached hydrogens (tertiary/aromatic N) is 5. The SMILES string of the molecule is CCS(=O)(=O)N1CCCN(C(=O)c2cnn3ccn(C)c23)CC1. The number of aromatic nitrogens is 3. The number of aryl methyl sites for hydroxylation is 1. The Balaban J connectivity index is 1.80. The molecule has 0 bridgehead atoms. The summed E-state index contributed by atoms with van der Waals surface area (Å²) in [6.07, 6.45) is 5.85.